The van der Waals surface area contributed by atoms with Crippen LogP contribution in [-0.2, 0) is 24.0 Å². The fourth-order valence-electron chi connectivity index (χ4n) is 2.16. The SMILES string of the molecule is CCOC(=O)C1(C)OOC2(CCCCC2)O1. The van der Waals surface area contributed by atoms with Crippen LogP contribution in [-0.4, -0.2) is 24.2 Å². The summed E-state index contributed by atoms with van der Waals surface area (Å²) in [6.07, 6.45) is 4.76. The Morgan fingerprint density at radius 3 is 2.56 bits per heavy atom. The Kier molecular flexibility index (Phi) is 3.19. The van der Waals surface area contributed by atoms with Crippen LogP contribution in [0.25, 0.3) is 0 Å². The summed E-state index contributed by atoms with van der Waals surface area (Å²) in [6.45, 7) is 3.58. The van der Waals surface area contributed by atoms with Crippen LogP contribution in [0.3, 0.4) is 0 Å². The van der Waals surface area contributed by atoms with E-state index in [0.29, 0.717) is 6.61 Å². The minimum absolute atomic E-state index is 0.300. The van der Waals surface area contributed by atoms with Gasteiger partial charge in [0.25, 0.3) is 5.79 Å². The van der Waals surface area contributed by atoms with Crippen molar-refractivity contribution in [3.63, 3.8) is 0 Å². The van der Waals surface area contributed by atoms with Gasteiger partial charge in [-0.05, 0) is 19.8 Å². The van der Waals surface area contributed by atoms with Crippen LogP contribution in [0.4, 0.5) is 0 Å². The summed E-state index contributed by atoms with van der Waals surface area (Å²) in [5.74, 6) is -2.68. The van der Waals surface area contributed by atoms with Gasteiger partial charge in [0.05, 0.1) is 6.61 Å². The monoisotopic (exact) mass is 230 g/mol. The average Bonchev–Trinajstić information content (AvgIpc) is 2.59. The van der Waals surface area contributed by atoms with Gasteiger partial charge >= 0.3 is 5.97 Å². The third kappa shape index (κ3) is 2.07. The molecule has 1 atom stereocenters. The molecule has 2 fully saturated rings. The zero-order valence-corrected chi connectivity index (χ0v) is 9.78. The molecule has 1 spiro atoms. The maximum Gasteiger partial charge on any atom is 0.369 e. The first-order chi connectivity index (χ1) is 7.60. The van der Waals surface area contributed by atoms with Crippen LogP contribution in [0, 0.1) is 0 Å². The minimum Gasteiger partial charge on any atom is -0.462 e. The highest BCUT2D eigenvalue weighted by Gasteiger charge is 2.55. The first-order valence-corrected chi connectivity index (χ1v) is 5.84. The van der Waals surface area contributed by atoms with Crippen molar-refractivity contribution in [2.45, 2.75) is 57.5 Å². The van der Waals surface area contributed by atoms with E-state index >= 15 is 0 Å². The summed E-state index contributed by atoms with van der Waals surface area (Å²) in [7, 11) is 0. The zero-order chi connectivity index (χ0) is 11.6. The minimum atomic E-state index is -1.41. The van der Waals surface area contributed by atoms with E-state index in [0.717, 1.165) is 25.7 Å². The van der Waals surface area contributed by atoms with Crippen molar-refractivity contribution in [1.29, 1.82) is 0 Å². The molecule has 0 aromatic heterocycles. The lowest BCUT2D eigenvalue weighted by Gasteiger charge is -2.29. The van der Waals surface area contributed by atoms with E-state index in [-0.39, 0.29) is 0 Å². The summed E-state index contributed by atoms with van der Waals surface area (Å²) in [6, 6.07) is 0. The molecule has 2 rings (SSSR count). The summed E-state index contributed by atoms with van der Waals surface area (Å²) >= 11 is 0. The summed E-state index contributed by atoms with van der Waals surface area (Å²) in [5, 5.41) is 0. The lowest BCUT2D eigenvalue weighted by atomic mass is 9.94. The van der Waals surface area contributed by atoms with Crippen molar-refractivity contribution >= 4 is 5.97 Å². The van der Waals surface area contributed by atoms with E-state index in [1.165, 1.54) is 13.3 Å². The molecule has 0 amide bonds. The third-order valence-corrected chi connectivity index (χ3v) is 2.99. The second-order valence-corrected chi connectivity index (χ2v) is 4.41. The molecule has 1 aliphatic carbocycles. The molecule has 92 valence electrons. The second-order valence-electron chi connectivity index (χ2n) is 4.41. The predicted octanol–water partition coefficient (Wildman–Crippen LogP) is 1.90. The van der Waals surface area contributed by atoms with E-state index in [1.54, 1.807) is 6.92 Å². The quantitative estimate of drug-likeness (QED) is 0.535. The summed E-state index contributed by atoms with van der Waals surface area (Å²) < 4.78 is 10.6. The highest BCUT2D eigenvalue weighted by Crippen LogP contribution is 2.42. The predicted molar refractivity (Wildman–Crippen MR) is 54.1 cm³/mol. The van der Waals surface area contributed by atoms with Crippen LogP contribution in [0.5, 0.6) is 0 Å². The van der Waals surface area contributed by atoms with Gasteiger partial charge in [0.1, 0.15) is 0 Å². The summed E-state index contributed by atoms with van der Waals surface area (Å²) in [5.41, 5.74) is 0. The van der Waals surface area contributed by atoms with Crippen LogP contribution >= 0.6 is 0 Å². The smallest absolute Gasteiger partial charge is 0.369 e. The first kappa shape index (κ1) is 11.8. The summed E-state index contributed by atoms with van der Waals surface area (Å²) in [4.78, 5) is 21.9. The molecule has 5 nitrogen and oxygen atoms in total. The van der Waals surface area contributed by atoms with Gasteiger partial charge in [-0.15, -0.1) is 0 Å². The van der Waals surface area contributed by atoms with Gasteiger partial charge in [0, 0.05) is 19.8 Å². The van der Waals surface area contributed by atoms with Gasteiger partial charge in [-0.25, -0.2) is 4.79 Å². The second kappa shape index (κ2) is 4.31. The van der Waals surface area contributed by atoms with E-state index in [1.807, 2.05) is 0 Å². The lowest BCUT2D eigenvalue weighted by molar-refractivity contribution is -0.348. The van der Waals surface area contributed by atoms with Crippen molar-refractivity contribution < 1.29 is 24.0 Å². The molecule has 0 bridgehead atoms. The number of hydrogen-bond acceptors (Lipinski definition) is 5. The largest absolute Gasteiger partial charge is 0.462 e. The number of carbonyl (C=O) groups is 1. The number of hydrogen-bond donors (Lipinski definition) is 0. The molecule has 5 heteroatoms. The highest BCUT2D eigenvalue weighted by molar-refractivity contribution is 5.77. The Bertz CT molecular complexity index is 272. The van der Waals surface area contributed by atoms with Crippen molar-refractivity contribution in [2.24, 2.45) is 0 Å². The number of esters is 1. The maximum absolute atomic E-state index is 11.6. The van der Waals surface area contributed by atoms with Gasteiger partial charge in [-0.1, -0.05) is 6.42 Å². The van der Waals surface area contributed by atoms with Crippen molar-refractivity contribution in [3.8, 4) is 0 Å². The molecule has 1 unspecified atom stereocenters. The number of ether oxygens (including phenoxy) is 2. The molecule has 1 saturated carbocycles. The van der Waals surface area contributed by atoms with E-state index in [4.69, 9.17) is 19.2 Å². The molecule has 0 radical (unpaired) electrons. The molecule has 16 heavy (non-hydrogen) atoms. The molecular weight excluding hydrogens is 212 g/mol. The Hall–Kier alpha value is -0.650. The van der Waals surface area contributed by atoms with E-state index in [9.17, 15) is 4.79 Å². The molecule has 1 aliphatic heterocycles. The van der Waals surface area contributed by atoms with Gasteiger partial charge < -0.3 is 9.47 Å². The van der Waals surface area contributed by atoms with Gasteiger partial charge in [-0.2, -0.15) is 9.78 Å². The van der Waals surface area contributed by atoms with Crippen LogP contribution < -0.4 is 0 Å². The molecule has 0 N–H and O–H groups in total. The molecule has 1 saturated heterocycles. The molecule has 0 aromatic carbocycles. The fourth-order valence-corrected chi connectivity index (χ4v) is 2.16. The standard InChI is InChI=1S/C11H18O5/c1-3-13-9(12)10(2)14-11(16-15-10)7-5-4-6-8-11/h3-8H2,1-2H3. The van der Waals surface area contributed by atoms with Gasteiger partial charge in [0.2, 0.25) is 5.79 Å². The molecular formula is C11H18O5. The topological polar surface area (TPSA) is 54.0 Å². The third-order valence-electron chi connectivity index (χ3n) is 2.99. The Morgan fingerprint density at radius 1 is 1.25 bits per heavy atom. The van der Waals surface area contributed by atoms with Crippen molar-refractivity contribution in [2.75, 3.05) is 6.61 Å². The molecule has 1 heterocycles. The Labute approximate surface area is 94.9 Å². The van der Waals surface area contributed by atoms with Crippen molar-refractivity contribution in [3.05, 3.63) is 0 Å². The van der Waals surface area contributed by atoms with Gasteiger partial charge in [-0.3, -0.25) is 0 Å². The fraction of sp³-hybridized carbons (Fsp3) is 0.909. The van der Waals surface area contributed by atoms with Crippen LogP contribution in [0.1, 0.15) is 46.0 Å². The Balaban J connectivity index is 2.02. The average molecular weight is 230 g/mol. The molecule has 0 aromatic rings. The van der Waals surface area contributed by atoms with Crippen LogP contribution in [0.2, 0.25) is 0 Å². The lowest BCUT2D eigenvalue weighted by Crippen LogP contribution is -2.42. The number of carbonyl (C=O) groups excluding carboxylic acids is 1. The van der Waals surface area contributed by atoms with E-state index in [2.05, 4.69) is 0 Å². The zero-order valence-electron chi connectivity index (χ0n) is 9.78. The molecule has 2 aliphatic rings. The van der Waals surface area contributed by atoms with Crippen LogP contribution in [0.15, 0.2) is 0 Å². The number of rotatable bonds is 2. The normalized spacial score (nSPS) is 32.9. The Morgan fingerprint density at radius 2 is 1.94 bits per heavy atom. The maximum atomic E-state index is 11.6. The van der Waals surface area contributed by atoms with E-state index < -0.39 is 17.5 Å². The van der Waals surface area contributed by atoms with Gasteiger partial charge in [0.15, 0.2) is 0 Å². The highest BCUT2D eigenvalue weighted by atomic mass is 17.3. The first-order valence-electron chi connectivity index (χ1n) is 5.84. The van der Waals surface area contributed by atoms with Crippen molar-refractivity contribution in [1.82, 2.24) is 0 Å².